The molecule has 0 heterocycles. The Labute approximate surface area is 91.8 Å². The van der Waals surface area contributed by atoms with E-state index >= 15 is 0 Å². The van der Waals surface area contributed by atoms with Crippen LogP contribution in [0.25, 0.3) is 0 Å². The molecule has 0 amide bonds. The first-order chi connectivity index (χ1) is 3.71. The second kappa shape index (κ2) is 4.39. The molecule has 0 N–H and O–H groups in total. The summed E-state index contributed by atoms with van der Waals surface area (Å²) in [5.74, 6) is 0. The van der Waals surface area contributed by atoms with Crippen molar-refractivity contribution in [3.05, 3.63) is 0 Å². The molecular formula is C8H19NaS. The van der Waals surface area contributed by atoms with Crippen molar-refractivity contribution in [1.29, 1.82) is 0 Å². The van der Waals surface area contributed by atoms with Crippen molar-refractivity contribution in [3.63, 3.8) is 0 Å². The van der Waals surface area contributed by atoms with Gasteiger partial charge in [0.15, 0.2) is 0 Å². The third kappa shape index (κ3) is 12.1. The normalized spacial score (nSPS) is 12.6. The molecule has 2 heteroatoms. The molecule has 0 aromatic carbocycles. The second-order valence-electron chi connectivity index (χ2n) is 4.33. The first kappa shape index (κ1) is 13.9. The summed E-state index contributed by atoms with van der Waals surface area (Å²) in [4.78, 5) is 0. The van der Waals surface area contributed by atoms with Crippen LogP contribution in [-0.4, -0.2) is 39.1 Å². The van der Waals surface area contributed by atoms with Gasteiger partial charge >= 0.3 is 29.6 Å². The van der Waals surface area contributed by atoms with Gasteiger partial charge in [-0.1, -0.05) is 41.5 Å². The maximum absolute atomic E-state index is 2.25. The van der Waals surface area contributed by atoms with E-state index in [-0.39, 0.29) is 29.6 Å². The summed E-state index contributed by atoms with van der Waals surface area (Å²) < 4.78 is 0.802. The van der Waals surface area contributed by atoms with Crippen LogP contribution in [0.3, 0.4) is 0 Å². The average Bonchev–Trinajstić information content (AvgIpc) is 1.14. The molecule has 0 saturated heterocycles. The number of thioether (sulfide) groups is 1. The number of rotatable bonds is 0. The zero-order chi connectivity index (χ0) is 7.71. The van der Waals surface area contributed by atoms with E-state index in [2.05, 4.69) is 41.5 Å². The zero-order valence-corrected chi connectivity index (χ0v) is 8.22. The Morgan fingerprint density at radius 3 is 0.900 bits per heavy atom. The second-order valence-corrected chi connectivity index (χ2v) is 6.98. The molecule has 0 nitrogen and oxygen atoms in total. The Hall–Kier alpha value is 1.35. The van der Waals surface area contributed by atoms with E-state index < -0.39 is 0 Å². The summed E-state index contributed by atoms with van der Waals surface area (Å²) in [7, 11) is 0. The van der Waals surface area contributed by atoms with Crippen LogP contribution in [-0.2, 0) is 0 Å². The fraction of sp³-hybridized carbons (Fsp3) is 1.00. The molecule has 10 heavy (non-hydrogen) atoms. The van der Waals surface area contributed by atoms with Crippen molar-refractivity contribution in [1.82, 2.24) is 0 Å². The molecule has 0 spiro atoms. The van der Waals surface area contributed by atoms with Gasteiger partial charge in [0.25, 0.3) is 0 Å². The quantitative estimate of drug-likeness (QED) is 0.504. The van der Waals surface area contributed by atoms with Crippen LogP contribution >= 0.6 is 11.8 Å². The molecule has 0 rings (SSSR count). The fourth-order valence-corrected chi connectivity index (χ4v) is 2.76. The van der Waals surface area contributed by atoms with E-state index in [1.165, 1.54) is 0 Å². The van der Waals surface area contributed by atoms with Crippen molar-refractivity contribution in [2.24, 2.45) is 0 Å². The van der Waals surface area contributed by atoms with Gasteiger partial charge in [0.05, 0.1) is 0 Å². The summed E-state index contributed by atoms with van der Waals surface area (Å²) in [5.41, 5.74) is 0. The van der Waals surface area contributed by atoms with Crippen LogP contribution in [0.15, 0.2) is 0 Å². The van der Waals surface area contributed by atoms with Gasteiger partial charge in [0.1, 0.15) is 0 Å². The monoisotopic (exact) mass is 170 g/mol. The van der Waals surface area contributed by atoms with Gasteiger partial charge in [0, 0.05) is 9.49 Å². The third-order valence-electron chi connectivity index (χ3n) is 0.612. The summed E-state index contributed by atoms with van der Waals surface area (Å²) in [6.07, 6.45) is 0. The molecule has 0 radical (unpaired) electrons. The van der Waals surface area contributed by atoms with Gasteiger partial charge in [-0.2, -0.15) is 11.8 Å². The standard InChI is InChI=1S/C8H18S.Na.H/c1-7(2,3)9-8(4,5)6;;/h1-6H3;;. The first-order valence-corrected chi connectivity index (χ1v) is 4.22. The maximum atomic E-state index is 2.25. The Morgan fingerprint density at radius 1 is 0.700 bits per heavy atom. The summed E-state index contributed by atoms with van der Waals surface area (Å²) in [5, 5.41) is 0. The molecular weight excluding hydrogens is 151 g/mol. The molecule has 0 saturated carbocycles. The summed E-state index contributed by atoms with van der Waals surface area (Å²) in [6, 6.07) is 0. The molecule has 0 atom stereocenters. The molecule has 0 aliphatic heterocycles. The Balaban J connectivity index is 0. The third-order valence-corrected chi connectivity index (χ3v) is 1.84. The van der Waals surface area contributed by atoms with Gasteiger partial charge in [-0.3, -0.25) is 0 Å². The predicted molar refractivity (Wildman–Crippen MR) is 54.2 cm³/mol. The van der Waals surface area contributed by atoms with Crippen molar-refractivity contribution >= 4 is 41.3 Å². The van der Waals surface area contributed by atoms with Crippen molar-refractivity contribution < 1.29 is 0 Å². The van der Waals surface area contributed by atoms with E-state index in [0.717, 1.165) is 0 Å². The van der Waals surface area contributed by atoms with E-state index in [1.54, 1.807) is 0 Å². The predicted octanol–water partition coefficient (Wildman–Crippen LogP) is 2.67. The van der Waals surface area contributed by atoms with E-state index in [9.17, 15) is 0 Å². The number of hydrogen-bond acceptors (Lipinski definition) is 1. The summed E-state index contributed by atoms with van der Waals surface area (Å²) >= 11 is 2.01. The minimum atomic E-state index is 0. The summed E-state index contributed by atoms with van der Waals surface area (Å²) in [6.45, 7) is 13.5. The van der Waals surface area contributed by atoms with Gasteiger partial charge in [-0.25, -0.2) is 0 Å². The zero-order valence-electron chi connectivity index (χ0n) is 7.41. The van der Waals surface area contributed by atoms with Crippen LogP contribution in [0.4, 0.5) is 0 Å². The molecule has 0 aliphatic rings. The average molecular weight is 170 g/mol. The van der Waals surface area contributed by atoms with Gasteiger partial charge in [-0.05, 0) is 0 Å². The molecule has 0 aromatic rings. The van der Waals surface area contributed by atoms with Crippen LogP contribution in [0.1, 0.15) is 41.5 Å². The van der Waals surface area contributed by atoms with Crippen LogP contribution in [0.2, 0.25) is 0 Å². The van der Waals surface area contributed by atoms with Gasteiger partial charge < -0.3 is 0 Å². The van der Waals surface area contributed by atoms with Crippen molar-refractivity contribution in [2.45, 2.75) is 51.0 Å². The fourth-order valence-electron chi connectivity index (χ4n) is 0.919. The Kier molecular flexibility index (Phi) is 6.11. The van der Waals surface area contributed by atoms with Gasteiger partial charge in [0.2, 0.25) is 0 Å². The van der Waals surface area contributed by atoms with Crippen LogP contribution in [0.5, 0.6) is 0 Å². The molecule has 0 fully saturated rings. The molecule has 0 aromatic heterocycles. The Morgan fingerprint density at radius 2 is 0.900 bits per heavy atom. The topological polar surface area (TPSA) is 0 Å². The van der Waals surface area contributed by atoms with Crippen LogP contribution < -0.4 is 0 Å². The Bertz CT molecular complexity index is 74.4. The van der Waals surface area contributed by atoms with E-state index in [0.29, 0.717) is 9.49 Å². The van der Waals surface area contributed by atoms with Gasteiger partial charge in [-0.15, -0.1) is 0 Å². The molecule has 58 valence electrons. The van der Waals surface area contributed by atoms with E-state index in [1.807, 2.05) is 11.8 Å². The first-order valence-electron chi connectivity index (χ1n) is 3.41. The SMILES string of the molecule is CC(C)(C)SC(C)(C)C.[NaH]. The molecule has 0 bridgehead atoms. The molecule has 0 unspecified atom stereocenters. The van der Waals surface area contributed by atoms with Crippen molar-refractivity contribution in [2.75, 3.05) is 0 Å². The minimum absolute atomic E-state index is 0. The van der Waals surface area contributed by atoms with E-state index in [4.69, 9.17) is 0 Å². The van der Waals surface area contributed by atoms with Crippen LogP contribution in [0, 0.1) is 0 Å². The molecule has 0 aliphatic carbocycles. The number of hydrogen-bond donors (Lipinski definition) is 0. The van der Waals surface area contributed by atoms with Crippen molar-refractivity contribution in [3.8, 4) is 0 Å².